The summed E-state index contributed by atoms with van der Waals surface area (Å²) in [7, 11) is 0. The van der Waals surface area contributed by atoms with Crippen molar-refractivity contribution in [3.05, 3.63) is 59.7 Å². The SMILES string of the molecule is CC(C)(C)[C@@H](NC(=O)OCC1c2ccccc2-c2ccccc21)C(=O)N[C@@H]1CCC[C@H]1CC(=O)O. The fourth-order valence-corrected chi connectivity index (χ4v) is 5.39. The maximum atomic E-state index is 13.2. The van der Waals surface area contributed by atoms with Crippen molar-refractivity contribution in [1.29, 1.82) is 0 Å². The van der Waals surface area contributed by atoms with Gasteiger partial charge in [0.25, 0.3) is 0 Å². The van der Waals surface area contributed by atoms with E-state index in [0.29, 0.717) is 0 Å². The predicted octanol–water partition coefficient (Wildman–Crippen LogP) is 4.70. The summed E-state index contributed by atoms with van der Waals surface area (Å²) < 4.78 is 5.65. The van der Waals surface area contributed by atoms with Crippen LogP contribution in [0.2, 0.25) is 0 Å². The summed E-state index contributed by atoms with van der Waals surface area (Å²) in [4.78, 5) is 37.2. The molecule has 0 spiro atoms. The van der Waals surface area contributed by atoms with Crippen molar-refractivity contribution in [2.75, 3.05) is 6.61 Å². The third kappa shape index (κ3) is 5.50. The highest BCUT2D eigenvalue weighted by Gasteiger charge is 2.37. The molecule has 0 aliphatic heterocycles. The lowest BCUT2D eigenvalue weighted by atomic mass is 9.85. The first-order valence-corrected chi connectivity index (χ1v) is 12.3. The van der Waals surface area contributed by atoms with Crippen LogP contribution in [-0.2, 0) is 14.3 Å². The highest BCUT2D eigenvalue weighted by atomic mass is 16.5. The maximum absolute atomic E-state index is 13.2. The van der Waals surface area contributed by atoms with Crippen molar-refractivity contribution >= 4 is 18.0 Å². The Bertz CT molecular complexity index is 1060. The minimum absolute atomic E-state index is 0.0327. The number of amides is 2. The van der Waals surface area contributed by atoms with Crippen molar-refractivity contribution in [2.24, 2.45) is 11.3 Å². The lowest BCUT2D eigenvalue weighted by Gasteiger charge is -2.32. The Hall–Kier alpha value is -3.35. The molecule has 0 unspecified atom stereocenters. The van der Waals surface area contributed by atoms with Crippen LogP contribution in [0.25, 0.3) is 11.1 Å². The van der Waals surface area contributed by atoms with Gasteiger partial charge in [-0.2, -0.15) is 0 Å². The van der Waals surface area contributed by atoms with Crippen molar-refractivity contribution < 1.29 is 24.2 Å². The molecule has 3 N–H and O–H groups in total. The molecule has 2 aromatic rings. The van der Waals surface area contributed by atoms with E-state index in [1.165, 1.54) is 0 Å². The normalized spacial score (nSPS) is 20.0. The van der Waals surface area contributed by atoms with E-state index in [1.54, 1.807) is 0 Å². The second-order valence-corrected chi connectivity index (χ2v) is 10.7. The molecule has 1 saturated carbocycles. The summed E-state index contributed by atoms with van der Waals surface area (Å²) in [6.07, 6.45) is 1.78. The zero-order valence-electron chi connectivity index (χ0n) is 20.5. The van der Waals surface area contributed by atoms with Gasteiger partial charge in [-0.05, 0) is 46.4 Å². The fourth-order valence-electron chi connectivity index (χ4n) is 5.39. The average Bonchev–Trinajstić information content (AvgIpc) is 3.36. The second-order valence-electron chi connectivity index (χ2n) is 10.7. The standard InChI is InChI=1S/C28H34N2O5/c1-28(2,3)25(26(33)29-23-14-8-9-17(23)15-24(31)32)30-27(34)35-16-22-20-12-6-4-10-18(20)19-11-5-7-13-21(19)22/h4-7,10-13,17,22-23,25H,8-9,14-16H2,1-3H3,(H,29,33)(H,30,34)(H,31,32)/t17-,23+,25-/m0/s1. The van der Waals surface area contributed by atoms with Crippen molar-refractivity contribution in [3.8, 4) is 11.1 Å². The number of carboxylic acid groups (broad SMARTS) is 1. The number of hydrogen-bond acceptors (Lipinski definition) is 4. The monoisotopic (exact) mass is 478 g/mol. The lowest BCUT2D eigenvalue weighted by Crippen LogP contribution is -2.56. The zero-order valence-corrected chi connectivity index (χ0v) is 20.5. The van der Waals surface area contributed by atoms with Gasteiger partial charge in [0.2, 0.25) is 5.91 Å². The molecule has 7 nitrogen and oxygen atoms in total. The maximum Gasteiger partial charge on any atom is 0.407 e. The number of rotatable bonds is 7. The Balaban J connectivity index is 1.41. The number of ether oxygens (including phenoxy) is 1. The van der Waals surface area contributed by atoms with Gasteiger partial charge in [0, 0.05) is 12.0 Å². The summed E-state index contributed by atoms with van der Waals surface area (Å²) in [5.41, 5.74) is 3.99. The van der Waals surface area contributed by atoms with Crippen molar-refractivity contribution in [1.82, 2.24) is 10.6 Å². The van der Waals surface area contributed by atoms with Crippen molar-refractivity contribution in [3.63, 3.8) is 0 Å². The van der Waals surface area contributed by atoms with Crippen LogP contribution in [0.4, 0.5) is 4.79 Å². The molecule has 3 atom stereocenters. The number of fused-ring (bicyclic) bond motifs is 3. The Morgan fingerprint density at radius 1 is 1.00 bits per heavy atom. The Kier molecular flexibility index (Phi) is 7.15. The van der Waals surface area contributed by atoms with Gasteiger partial charge in [0.05, 0.1) is 6.42 Å². The highest BCUT2D eigenvalue weighted by molar-refractivity contribution is 5.87. The van der Waals surface area contributed by atoms with Gasteiger partial charge >= 0.3 is 12.1 Å². The van der Waals surface area contributed by atoms with E-state index in [4.69, 9.17) is 9.84 Å². The number of benzene rings is 2. The van der Waals surface area contributed by atoms with E-state index in [1.807, 2.05) is 45.0 Å². The first kappa shape index (κ1) is 24.8. The Morgan fingerprint density at radius 3 is 2.17 bits per heavy atom. The molecule has 0 saturated heterocycles. The third-order valence-electron chi connectivity index (χ3n) is 7.16. The molecule has 2 aliphatic carbocycles. The summed E-state index contributed by atoms with van der Waals surface area (Å²) in [6.45, 7) is 5.81. The molecular weight excluding hydrogens is 444 g/mol. The second kappa shape index (κ2) is 10.1. The van der Waals surface area contributed by atoms with Gasteiger partial charge in [0.15, 0.2) is 0 Å². The quantitative estimate of drug-likeness (QED) is 0.535. The Labute approximate surface area is 206 Å². The molecule has 2 aliphatic rings. The summed E-state index contributed by atoms with van der Waals surface area (Å²) in [6, 6.07) is 15.2. The van der Waals surface area contributed by atoms with Crippen molar-refractivity contribution in [2.45, 2.75) is 64.5 Å². The van der Waals surface area contributed by atoms with Gasteiger partial charge in [-0.15, -0.1) is 0 Å². The average molecular weight is 479 g/mol. The molecule has 35 heavy (non-hydrogen) atoms. The molecule has 0 radical (unpaired) electrons. The molecular formula is C28H34N2O5. The minimum atomic E-state index is -0.861. The summed E-state index contributed by atoms with van der Waals surface area (Å²) in [5.74, 6) is -1.33. The van der Waals surface area contributed by atoms with E-state index in [0.717, 1.165) is 41.5 Å². The fraction of sp³-hybridized carbons (Fsp3) is 0.464. The van der Waals surface area contributed by atoms with Crippen LogP contribution >= 0.6 is 0 Å². The van der Waals surface area contributed by atoms with E-state index >= 15 is 0 Å². The van der Waals surface area contributed by atoms with E-state index < -0.39 is 23.5 Å². The largest absolute Gasteiger partial charge is 0.481 e. The molecule has 4 rings (SSSR count). The number of carbonyl (C=O) groups is 3. The first-order valence-electron chi connectivity index (χ1n) is 12.3. The number of hydrogen-bond donors (Lipinski definition) is 3. The van der Waals surface area contributed by atoms with Crippen LogP contribution in [0.3, 0.4) is 0 Å². The number of alkyl carbamates (subject to hydrolysis) is 1. The minimum Gasteiger partial charge on any atom is -0.481 e. The van der Waals surface area contributed by atoms with Gasteiger partial charge in [-0.25, -0.2) is 4.79 Å². The summed E-state index contributed by atoms with van der Waals surface area (Å²) in [5, 5.41) is 14.9. The number of carbonyl (C=O) groups excluding carboxylic acids is 2. The van der Waals surface area contributed by atoms with Gasteiger partial charge in [-0.3, -0.25) is 9.59 Å². The molecule has 0 aromatic heterocycles. The van der Waals surface area contributed by atoms with Gasteiger partial charge in [0.1, 0.15) is 12.6 Å². The number of nitrogens with one attached hydrogen (secondary N) is 2. The lowest BCUT2D eigenvalue weighted by molar-refractivity contribution is -0.138. The number of aliphatic carboxylic acids is 1. The van der Waals surface area contributed by atoms with Crippen LogP contribution in [-0.4, -0.2) is 41.8 Å². The van der Waals surface area contributed by atoms with Gasteiger partial charge < -0.3 is 20.5 Å². The molecule has 2 aromatic carbocycles. The number of carboxylic acids is 1. The highest BCUT2D eigenvalue weighted by Crippen LogP contribution is 2.44. The van der Waals surface area contributed by atoms with Crippen LogP contribution in [0, 0.1) is 11.3 Å². The van der Waals surface area contributed by atoms with E-state index in [9.17, 15) is 14.4 Å². The smallest absolute Gasteiger partial charge is 0.407 e. The summed E-state index contributed by atoms with van der Waals surface area (Å²) >= 11 is 0. The van der Waals surface area contributed by atoms with Crippen LogP contribution in [0.5, 0.6) is 0 Å². The third-order valence-corrected chi connectivity index (χ3v) is 7.16. The van der Waals surface area contributed by atoms with Crippen LogP contribution in [0.1, 0.15) is 63.5 Å². The van der Waals surface area contributed by atoms with E-state index in [2.05, 4.69) is 34.9 Å². The van der Waals surface area contributed by atoms with E-state index in [-0.39, 0.29) is 36.8 Å². The molecule has 0 bridgehead atoms. The predicted molar refractivity (Wildman–Crippen MR) is 133 cm³/mol. The molecule has 2 amide bonds. The first-order chi connectivity index (χ1) is 16.6. The Morgan fingerprint density at radius 2 is 1.60 bits per heavy atom. The molecule has 0 heterocycles. The van der Waals surface area contributed by atoms with Crippen LogP contribution < -0.4 is 10.6 Å². The molecule has 186 valence electrons. The molecule has 7 heteroatoms. The van der Waals surface area contributed by atoms with Gasteiger partial charge in [-0.1, -0.05) is 75.7 Å². The topological polar surface area (TPSA) is 105 Å². The zero-order chi connectivity index (χ0) is 25.2. The molecule has 1 fully saturated rings. The van der Waals surface area contributed by atoms with Crippen LogP contribution in [0.15, 0.2) is 48.5 Å².